The summed E-state index contributed by atoms with van der Waals surface area (Å²) in [4.78, 5) is 29.5. The summed E-state index contributed by atoms with van der Waals surface area (Å²) >= 11 is 1.39. The van der Waals surface area contributed by atoms with Crippen LogP contribution in [0.2, 0.25) is 0 Å². The molecule has 7 heteroatoms. The van der Waals surface area contributed by atoms with E-state index in [1.807, 2.05) is 42.6 Å². The van der Waals surface area contributed by atoms with E-state index in [0.717, 1.165) is 16.7 Å². The number of aryl methyl sites for hydroxylation is 1. The van der Waals surface area contributed by atoms with E-state index < -0.39 is 12.1 Å². The van der Waals surface area contributed by atoms with E-state index >= 15 is 0 Å². The van der Waals surface area contributed by atoms with Gasteiger partial charge in [0.1, 0.15) is 17.4 Å². The number of thiophene rings is 1. The van der Waals surface area contributed by atoms with Crippen LogP contribution in [0.5, 0.6) is 0 Å². The Morgan fingerprint density at radius 3 is 2.80 bits per heavy atom. The van der Waals surface area contributed by atoms with Gasteiger partial charge >= 0.3 is 5.97 Å². The fraction of sp³-hybridized carbons (Fsp3) is 0.222. The monoisotopic (exact) mass is 353 g/mol. The quantitative estimate of drug-likeness (QED) is 0.673. The smallest absolute Gasteiger partial charge is 0.327 e. The molecule has 0 fully saturated rings. The Balaban J connectivity index is 2.00. The fourth-order valence-corrected chi connectivity index (χ4v) is 3.33. The van der Waals surface area contributed by atoms with Crippen molar-refractivity contribution in [1.82, 2.24) is 9.55 Å². The van der Waals surface area contributed by atoms with E-state index in [-0.39, 0.29) is 12.1 Å². The normalized spacial score (nSPS) is 11.9. The lowest BCUT2D eigenvalue weighted by Gasteiger charge is -2.08. The van der Waals surface area contributed by atoms with E-state index in [9.17, 15) is 9.59 Å². The number of ether oxygens (including phenoxy) is 1. The van der Waals surface area contributed by atoms with Crippen molar-refractivity contribution in [2.75, 3.05) is 0 Å². The highest BCUT2D eigenvalue weighted by Gasteiger charge is 2.16. The molecule has 3 aromatic rings. The second-order valence-electron chi connectivity index (χ2n) is 5.63. The lowest BCUT2D eigenvalue weighted by Crippen LogP contribution is -2.27. The Morgan fingerprint density at radius 2 is 2.12 bits per heavy atom. The molecular weight excluding hydrogens is 338 g/mol. The number of hydrogen-bond acceptors (Lipinski definition) is 6. The van der Waals surface area contributed by atoms with Gasteiger partial charge in [-0.25, -0.2) is 4.98 Å². The minimum atomic E-state index is -0.857. The first-order chi connectivity index (χ1) is 12.0. The van der Waals surface area contributed by atoms with Gasteiger partial charge in [-0.3, -0.25) is 14.2 Å². The second-order valence-corrected chi connectivity index (χ2v) is 6.49. The molecule has 6 nitrogen and oxygen atoms in total. The molecule has 0 unspecified atom stereocenters. The number of aromatic nitrogens is 2. The topological polar surface area (TPSA) is 85.0 Å². The van der Waals surface area contributed by atoms with E-state index in [1.54, 1.807) is 0 Å². The number of carbonyl (C=O) groups is 1. The molecule has 0 spiro atoms. The van der Waals surface area contributed by atoms with Gasteiger partial charge in [0.25, 0.3) is 5.56 Å². The zero-order valence-electron chi connectivity index (χ0n) is 13.7. The summed E-state index contributed by atoms with van der Waals surface area (Å²) < 4.78 is 6.10. The van der Waals surface area contributed by atoms with Crippen molar-refractivity contribution in [3.05, 3.63) is 51.9 Å². The highest BCUT2D eigenvalue weighted by molar-refractivity contribution is 7.17. The molecule has 0 saturated heterocycles. The maximum absolute atomic E-state index is 12.8. The van der Waals surface area contributed by atoms with E-state index in [4.69, 9.17) is 10.00 Å². The average molecular weight is 353 g/mol. The molecule has 3 rings (SSSR count). The van der Waals surface area contributed by atoms with Gasteiger partial charge in [-0.2, -0.15) is 5.26 Å². The Bertz CT molecular complexity index is 1030. The van der Waals surface area contributed by atoms with Gasteiger partial charge < -0.3 is 4.74 Å². The van der Waals surface area contributed by atoms with Crippen molar-refractivity contribution in [3.63, 3.8) is 0 Å². The molecule has 0 aliphatic heterocycles. The Hall–Kier alpha value is -2.98. The van der Waals surface area contributed by atoms with Crippen LogP contribution in [-0.4, -0.2) is 21.6 Å². The summed E-state index contributed by atoms with van der Waals surface area (Å²) in [6.07, 6.45) is 0.474. The zero-order chi connectivity index (χ0) is 18.0. The number of nitriles is 1. The van der Waals surface area contributed by atoms with Crippen LogP contribution < -0.4 is 5.56 Å². The number of rotatable bonds is 4. The van der Waals surface area contributed by atoms with E-state index in [0.29, 0.717) is 10.2 Å². The summed E-state index contributed by atoms with van der Waals surface area (Å²) in [7, 11) is 0. The number of benzene rings is 1. The summed E-state index contributed by atoms with van der Waals surface area (Å²) in [6.45, 7) is 3.19. The molecule has 1 aromatic carbocycles. The average Bonchev–Trinajstić information content (AvgIpc) is 3.02. The van der Waals surface area contributed by atoms with Crippen molar-refractivity contribution in [2.45, 2.75) is 26.5 Å². The van der Waals surface area contributed by atoms with Crippen molar-refractivity contribution in [1.29, 1.82) is 5.26 Å². The first kappa shape index (κ1) is 16.9. The molecule has 2 aromatic heterocycles. The summed E-state index contributed by atoms with van der Waals surface area (Å²) in [6, 6.07) is 9.68. The SMILES string of the molecule is Cc1ccc(-c2csc3ncn(CC(=O)O[C@H](C)C#N)c(=O)c23)cc1. The van der Waals surface area contributed by atoms with Crippen molar-refractivity contribution < 1.29 is 9.53 Å². The maximum Gasteiger partial charge on any atom is 0.327 e. The molecule has 0 N–H and O–H groups in total. The van der Waals surface area contributed by atoms with Crippen LogP contribution in [0.1, 0.15) is 12.5 Å². The van der Waals surface area contributed by atoms with Crippen LogP contribution in [0, 0.1) is 18.3 Å². The molecule has 25 heavy (non-hydrogen) atoms. The molecular formula is C18H15N3O3S. The van der Waals surface area contributed by atoms with Gasteiger partial charge in [-0.15, -0.1) is 11.3 Å². The third-order valence-electron chi connectivity index (χ3n) is 3.71. The van der Waals surface area contributed by atoms with Crippen LogP contribution in [0.15, 0.2) is 40.8 Å². The minimum absolute atomic E-state index is 0.281. The third-order valence-corrected chi connectivity index (χ3v) is 4.60. The van der Waals surface area contributed by atoms with Gasteiger partial charge in [0.2, 0.25) is 0 Å². The summed E-state index contributed by atoms with van der Waals surface area (Å²) in [5.41, 5.74) is 2.55. The Morgan fingerprint density at radius 1 is 1.40 bits per heavy atom. The molecule has 0 bridgehead atoms. The van der Waals surface area contributed by atoms with Crippen molar-refractivity contribution >= 4 is 27.5 Å². The van der Waals surface area contributed by atoms with Gasteiger partial charge in [-0.05, 0) is 19.4 Å². The summed E-state index contributed by atoms with van der Waals surface area (Å²) in [5, 5.41) is 11.1. The molecule has 1 atom stereocenters. The maximum atomic E-state index is 12.8. The van der Waals surface area contributed by atoms with Crippen molar-refractivity contribution in [2.24, 2.45) is 0 Å². The number of carbonyl (C=O) groups excluding carboxylic acids is 1. The number of hydrogen-bond donors (Lipinski definition) is 0. The molecule has 0 amide bonds. The Labute approximate surface area is 147 Å². The zero-order valence-corrected chi connectivity index (χ0v) is 14.5. The van der Waals surface area contributed by atoms with E-state index in [2.05, 4.69) is 4.98 Å². The third kappa shape index (κ3) is 3.44. The standard InChI is InChI=1S/C18H15N3O3S/c1-11-3-5-13(6-4-11)14-9-25-17-16(14)18(23)21(10-20-17)8-15(22)24-12(2)7-19/h3-6,9-10,12H,8H2,1-2H3/t12-/m1/s1. The van der Waals surface area contributed by atoms with Gasteiger partial charge in [0.05, 0.1) is 11.7 Å². The van der Waals surface area contributed by atoms with Crippen molar-refractivity contribution in [3.8, 4) is 17.2 Å². The minimum Gasteiger partial charge on any atom is -0.446 e. The van der Waals surface area contributed by atoms with Crippen LogP contribution in [0.4, 0.5) is 0 Å². The van der Waals surface area contributed by atoms with Crippen LogP contribution in [-0.2, 0) is 16.1 Å². The second kappa shape index (κ2) is 6.87. The predicted octanol–water partition coefficient (Wildman–Crippen LogP) is 2.89. The first-order valence-electron chi connectivity index (χ1n) is 7.62. The van der Waals surface area contributed by atoms with E-state index in [1.165, 1.54) is 29.2 Å². The molecule has 0 aliphatic rings. The van der Waals surface area contributed by atoms with Crippen LogP contribution >= 0.6 is 11.3 Å². The molecule has 0 saturated carbocycles. The molecule has 0 radical (unpaired) electrons. The fourth-order valence-electron chi connectivity index (χ4n) is 2.43. The predicted molar refractivity (Wildman–Crippen MR) is 95.2 cm³/mol. The van der Waals surface area contributed by atoms with Gasteiger partial charge in [0, 0.05) is 10.9 Å². The lowest BCUT2D eigenvalue weighted by atomic mass is 10.1. The first-order valence-corrected chi connectivity index (χ1v) is 8.50. The molecule has 2 heterocycles. The lowest BCUT2D eigenvalue weighted by molar-refractivity contribution is -0.146. The highest BCUT2D eigenvalue weighted by Crippen LogP contribution is 2.30. The Kier molecular flexibility index (Phi) is 4.63. The van der Waals surface area contributed by atoms with Crippen LogP contribution in [0.3, 0.4) is 0 Å². The number of esters is 1. The highest BCUT2D eigenvalue weighted by atomic mass is 32.1. The van der Waals surface area contributed by atoms with Gasteiger partial charge in [-0.1, -0.05) is 29.8 Å². The number of nitrogens with zero attached hydrogens (tertiary/aromatic N) is 3. The summed E-state index contributed by atoms with van der Waals surface area (Å²) in [5.74, 6) is -0.649. The van der Waals surface area contributed by atoms with Gasteiger partial charge in [0.15, 0.2) is 6.10 Å². The molecule has 126 valence electrons. The molecule has 0 aliphatic carbocycles. The van der Waals surface area contributed by atoms with Crippen LogP contribution in [0.25, 0.3) is 21.3 Å². The largest absolute Gasteiger partial charge is 0.446 e. The number of fused-ring (bicyclic) bond motifs is 1.